The maximum absolute atomic E-state index is 14.1. The Morgan fingerprint density at radius 1 is 0.944 bits per heavy atom. The normalized spacial score (nSPS) is 27.8. The number of fused-ring (bicyclic) bond motifs is 2. The second-order valence-corrected chi connectivity index (χ2v) is 10.2. The van der Waals surface area contributed by atoms with E-state index < -0.39 is 23.4 Å². The Hall–Kier alpha value is -3.71. The van der Waals surface area contributed by atoms with Crippen molar-refractivity contribution in [1.82, 2.24) is 15.1 Å². The predicted molar refractivity (Wildman–Crippen MR) is 132 cm³/mol. The predicted octanol–water partition coefficient (Wildman–Crippen LogP) is 3.60. The molecule has 1 N–H and O–H groups in total. The molecule has 0 aliphatic carbocycles. The van der Waals surface area contributed by atoms with E-state index in [0.29, 0.717) is 25.3 Å². The van der Waals surface area contributed by atoms with Crippen molar-refractivity contribution in [2.75, 3.05) is 6.54 Å². The van der Waals surface area contributed by atoms with E-state index in [1.54, 1.807) is 17.2 Å². The Labute approximate surface area is 210 Å². The first-order valence-corrected chi connectivity index (χ1v) is 12.5. The molecule has 3 aromatic rings. The van der Waals surface area contributed by atoms with Gasteiger partial charge in [0.15, 0.2) is 0 Å². The van der Waals surface area contributed by atoms with Gasteiger partial charge >= 0.3 is 0 Å². The van der Waals surface area contributed by atoms with Crippen molar-refractivity contribution < 1.29 is 18.8 Å². The Bertz CT molecular complexity index is 1290. The standard InChI is InChI=1S/C29H29N3O4/c1-19-10-12-21(13-11-19)25-23-24(27(34)32(26(23)33)17-20-7-3-2-4-8-20)29(30-25)14-6-15-31(28(29)35)18-22-9-5-16-36-22/h2-5,7-13,16,23-25,30H,6,14-15,17-18H2,1H3/t23-,24-,25-,29-/m1/s1. The number of carbonyl (C=O) groups is 3. The van der Waals surface area contributed by atoms with Crippen molar-refractivity contribution in [3.8, 4) is 0 Å². The van der Waals surface area contributed by atoms with Crippen LogP contribution in [0.3, 0.4) is 0 Å². The van der Waals surface area contributed by atoms with Crippen LogP contribution in [0.15, 0.2) is 77.4 Å². The van der Waals surface area contributed by atoms with Crippen LogP contribution in [0.1, 0.15) is 41.3 Å². The van der Waals surface area contributed by atoms with E-state index in [1.807, 2.05) is 67.6 Å². The molecule has 3 aliphatic rings. The van der Waals surface area contributed by atoms with E-state index in [4.69, 9.17) is 4.42 Å². The Kier molecular flexibility index (Phi) is 5.52. The zero-order chi connectivity index (χ0) is 24.9. The van der Waals surface area contributed by atoms with Gasteiger partial charge in [0.05, 0.1) is 31.2 Å². The van der Waals surface area contributed by atoms with E-state index in [2.05, 4.69) is 5.32 Å². The Balaban J connectivity index is 1.39. The number of imide groups is 1. The molecule has 7 heteroatoms. The lowest BCUT2D eigenvalue weighted by Gasteiger charge is -2.42. The van der Waals surface area contributed by atoms with Gasteiger partial charge in [0.1, 0.15) is 11.3 Å². The second kappa shape index (κ2) is 8.75. The molecule has 0 radical (unpaired) electrons. The summed E-state index contributed by atoms with van der Waals surface area (Å²) >= 11 is 0. The Morgan fingerprint density at radius 3 is 2.44 bits per heavy atom. The molecule has 3 amide bonds. The van der Waals surface area contributed by atoms with E-state index in [9.17, 15) is 14.4 Å². The van der Waals surface area contributed by atoms with E-state index in [1.165, 1.54) is 4.90 Å². The van der Waals surface area contributed by atoms with Crippen molar-refractivity contribution in [2.45, 2.75) is 44.4 Å². The van der Waals surface area contributed by atoms with Gasteiger partial charge in [-0.25, -0.2) is 0 Å². The molecule has 3 saturated heterocycles. The summed E-state index contributed by atoms with van der Waals surface area (Å²) in [5, 5.41) is 3.56. The van der Waals surface area contributed by atoms with Gasteiger partial charge in [-0.3, -0.25) is 24.6 Å². The van der Waals surface area contributed by atoms with Crippen LogP contribution in [-0.4, -0.2) is 39.6 Å². The van der Waals surface area contributed by atoms with Crippen molar-refractivity contribution in [1.29, 1.82) is 0 Å². The molecule has 3 aliphatic heterocycles. The number of rotatable bonds is 5. The molecule has 36 heavy (non-hydrogen) atoms. The first-order chi connectivity index (χ1) is 17.5. The van der Waals surface area contributed by atoms with Gasteiger partial charge in [0.25, 0.3) is 0 Å². The fourth-order valence-electron chi connectivity index (χ4n) is 6.25. The SMILES string of the molecule is Cc1ccc([C@H]2N[C@]3(CCCN(Cc4ccco4)C3=O)[C@H]3C(=O)N(Cc4ccccc4)C(=O)[C@@H]23)cc1. The lowest BCUT2D eigenvalue weighted by molar-refractivity contribution is -0.150. The number of aryl methyl sites for hydroxylation is 1. The first kappa shape index (κ1) is 22.7. The summed E-state index contributed by atoms with van der Waals surface area (Å²) < 4.78 is 5.50. The maximum atomic E-state index is 14.1. The molecule has 1 aromatic heterocycles. The minimum atomic E-state index is -1.12. The number of likely N-dealkylation sites (tertiary alicyclic amines) is 2. The average molecular weight is 484 g/mol. The molecule has 0 saturated carbocycles. The lowest BCUT2D eigenvalue weighted by Crippen LogP contribution is -2.63. The maximum Gasteiger partial charge on any atom is 0.244 e. The van der Waals surface area contributed by atoms with Gasteiger partial charge in [-0.2, -0.15) is 0 Å². The van der Waals surface area contributed by atoms with Crippen LogP contribution < -0.4 is 5.32 Å². The smallest absolute Gasteiger partial charge is 0.244 e. The highest BCUT2D eigenvalue weighted by molar-refractivity contribution is 6.10. The average Bonchev–Trinajstić information content (AvgIpc) is 3.58. The van der Waals surface area contributed by atoms with Crippen molar-refractivity contribution in [2.24, 2.45) is 11.8 Å². The van der Waals surface area contributed by atoms with E-state index >= 15 is 0 Å². The number of nitrogens with zero attached hydrogens (tertiary/aromatic N) is 2. The third kappa shape index (κ3) is 3.57. The Morgan fingerprint density at radius 2 is 1.72 bits per heavy atom. The third-order valence-corrected chi connectivity index (χ3v) is 7.96. The molecule has 2 aromatic carbocycles. The largest absolute Gasteiger partial charge is 0.467 e. The summed E-state index contributed by atoms with van der Waals surface area (Å²) in [6, 6.07) is 20.8. The summed E-state index contributed by atoms with van der Waals surface area (Å²) in [7, 11) is 0. The highest BCUT2D eigenvalue weighted by Gasteiger charge is 2.69. The number of amides is 3. The van der Waals surface area contributed by atoms with Crippen LogP contribution in [-0.2, 0) is 27.5 Å². The van der Waals surface area contributed by atoms with Gasteiger partial charge in [0.2, 0.25) is 17.7 Å². The summed E-state index contributed by atoms with van der Waals surface area (Å²) in [6.07, 6.45) is 2.85. The molecule has 0 bridgehead atoms. The molecule has 184 valence electrons. The van der Waals surface area contributed by atoms with E-state index in [0.717, 1.165) is 23.1 Å². The quantitative estimate of drug-likeness (QED) is 0.561. The zero-order valence-corrected chi connectivity index (χ0v) is 20.2. The molecule has 1 spiro atoms. The fourth-order valence-corrected chi connectivity index (χ4v) is 6.25. The molecule has 6 rings (SSSR count). The number of benzene rings is 2. The van der Waals surface area contributed by atoms with Gasteiger partial charge in [-0.1, -0.05) is 60.2 Å². The summed E-state index contributed by atoms with van der Waals surface area (Å²) in [6.45, 7) is 3.16. The third-order valence-electron chi connectivity index (χ3n) is 7.96. The number of carbonyl (C=O) groups excluding carboxylic acids is 3. The number of nitrogens with one attached hydrogen (secondary N) is 1. The van der Waals surface area contributed by atoms with Crippen molar-refractivity contribution in [3.63, 3.8) is 0 Å². The molecule has 4 atom stereocenters. The summed E-state index contributed by atoms with van der Waals surface area (Å²) in [5.74, 6) is -1.27. The molecule has 0 unspecified atom stereocenters. The van der Waals surface area contributed by atoms with Gasteiger partial charge in [-0.15, -0.1) is 0 Å². The number of furan rings is 1. The highest BCUT2D eigenvalue weighted by atomic mass is 16.3. The summed E-state index contributed by atoms with van der Waals surface area (Å²) in [4.78, 5) is 45.0. The second-order valence-electron chi connectivity index (χ2n) is 10.2. The van der Waals surface area contributed by atoms with Crippen molar-refractivity contribution >= 4 is 17.7 Å². The van der Waals surface area contributed by atoms with Crippen LogP contribution >= 0.6 is 0 Å². The molecule has 4 heterocycles. The van der Waals surface area contributed by atoms with Gasteiger partial charge < -0.3 is 9.32 Å². The van der Waals surface area contributed by atoms with Crippen LogP contribution in [0.2, 0.25) is 0 Å². The van der Waals surface area contributed by atoms with Gasteiger partial charge in [0, 0.05) is 12.6 Å². The number of piperidine rings is 1. The van der Waals surface area contributed by atoms with Crippen LogP contribution in [0.4, 0.5) is 0 Å². The monoisotopic (exact) mass is 483 g/mol. The van der Waals surface area contributed by atoms with Gasteiger partial charge in [-0.05, 0) is 43.0 Å². The number of hydrogen-bond donors (Lipinski definition) is 1. The topological polar surface area (TPSA) is 82.9 Å². The lowest BCUT2D eigenvalue weighted by atomic mass is 9.74. The minimum absolute atomic E-state index is 0.127. The van der Waals surface area contributed by atoms with E-state index in [-0.39, 0.29) is 24.3 Å². The van der Waals surface area contributed by atoms with Crippen molar-refractivity contribution in [3.05, 3.63) is 95.4 Å². The number of hydrogen-bond acceptors (Lipinski definition) is 5. The summed E-state index contributed by atoms with van der Waals surface area (Å²) in [5.41, 5.74) is 1.80. The molecule has 3 fully saturated rings. The highest BCUT2D eigenvalue weighted by Crippen LogP contribution is 2.52. The molecular weight excluding hydrogens is 454 g/mol. The van der Waals surface area contributed by atoms with Crippen LogP contribution in [0.25, 0.3) is 0 Å². The molecule has 7 nitrogen and oxygen atoms in total. The fraction of sp³-hybridized carbons (Fsp3) is 0.345. The first-order valence-electron chi connectivity index (χ1n) is 12.5. The zero-order valence-electron chi connectivity index (χ0n) is 20.2. The minimum Gasteiger partial charge on any atom is -0.467 e. The molecular formula is C29H29N3O4. The van der Waals surface area contributed by atoms with Crippen LogP contribution in [0, 0.1) is 18.8 Å². The van der Waals surface area contributed by atoms with Crippen LogP contribution in [0.5, 0.6) is 0 Å².